The van der Waals surface area contributed by atoms with Crippen molar-refractivity contribution in [1.29, 1.82) is 0 Å². The van der Waals surface area contributed by atoms with E-state index in [-0.39, 0.29) is 12.8 Å². The Kier molecular flexibility index (Phi) is 7.39. The van der Waals surface area contributed by atoms with Gasteiger partial charge in [0.05, 0.1) is 21.8 Å². The minimum Gasteiger partial charge on any atom is -0.298 e. The lowest BCUT2D eigenvalue weighted by molar-refractivity contribution is -0.131. The number of amides is 1. The molecule has 0 saturated heterocycles. The fourth-order valence-corrected chi connectivity index (χ4v) is 4.29. The fourth-order valence-electron chi connectivity index (χ4n) is 2.43. The van der Waals surface area contributed by atoms with Gasteiger partial charge < -0.3 is 0 Å². The second-order valence-electron chi connectivity index (χ2n) is 7.02. The Balaban J connectivity index is 2.19. The van der Waals surface area contributed by atoms with E-state index in [0.717, 1.165) is 22.0 Å². The molecule has 1 unspecified atom stereocenters. The SMILES string of the molecule is CN(C)CC#CC#Cc1ccc2nc(CCC(C)(C(=O)NO)S(C)(=O)=O)sc2c1. The summed E-state index contributed by atoms with van der Waals surface area (Å²) in [6, 6.07) is 5.61. The number of rotatable bonds is 6. The van der Waals surface area contributed by atoms with E-state index in [1.807, 2.05) is 37.2 Å². The summed E-state index contributed by atoms with van der Waals surface area (Å²) in [4.78, 5) is 18.4. The zero-order valence-electron chi connectivity index (χ0n) is 16.7. The number of sulfone groups is 1. The van der Waals surface area contributed by atoms with E-state index < -0.39 is 20.5 Å². The van der Waals surface area contributed by atoms with Crippen LogP contribution in [0.2, 0.25) is 0 Å². The van der Waals surface area contributed by atoms with Gasteiger partial charge in [0, 0.05) is 18.2 Å². The summed E-state index contributed by atoms with van der Waals surface area (Å²) in [6.07, 6.45) is 1.27. The highest BCUT2D eigenvalue weighted by Gasteiger charge is 2.43. The van der Waals surface area contributed by atoms with Gasteiger partial charge in [-0.15, -0.1) is 11.3 Å². The van der Waals surface area contributed by atoms with E-state index in [0.29, 0.717) is 11.6 Å². The molecule has 7 nitrogen and oxygen atoms in total. The number of hydrogen-bond acceptors (Lipinski definition) is 7. The highest BCUT2D eigenvalue weighted by atomic mass is 32.2. The first-order valence-corrected chi connectivity index (χ1v) is 11.4. The first-order valence-electron chi connectivity index (χ1n) is 8.74. The molecule has 1 heterocycles. The standard InChI is InChI=1S/C20H23N3O4S2/c1-20(19(24)22-25,29(4,26)27)12-11-18-21-16-10-9-15(14-17(16)28-18)8-6-5-7-13-23(2)3/h9-10,14,25H,11-13H2,1-4H3,(H,22,24). The van der Waals surface area contributed by atoms with Gasteiger partial charge in [-0.3, -0.25) is 14.9 Å². The normalized spacial score (nSPS) is 13.2. The molecule has 9 heteroatoms. The van der Waals surface area contributed by atoms with Gasteiger partial charge in [0.2, 0.25) is 0 Å². The van der Waals surface area contributed by atoms with E-state index in [4.69, 9.17) is 5.21 Å². The van der Waals surface area contributed by atoms with Gasteiger partial charge in [-0.2, -0.15) is 0 Å². The molecule has 2 aromatic rings. The van der Waals surface area contributed by atoms with Crippen molar-refractivity contribution in [2.24, 2.45) is 0 Å². The molecule has 0 spiro atoms. The maximum absolute atomic E-state index is 12.1. The molecule has 29 heavy (non-hydrogen) atoms. The van der Waals surface area contributed by atoms with Crippen molar-refractivity contribution < 1.29 is 18.4 Å². The van der Waals surface area contributed by atoms with Crippen LogP contribution in [0.25, 0.3) is 10.2 Å². The molecule has 0 fully saturated rings. The van der Waals surface area contributed by atoms with Gasteiger partial charge in [-0.05, 0) is 57.5 Å². The molecule has 0 aliphatic rings. The number of hydrogen-bond donors (Lipinski definition) is 2. The van der Waals surface area contributed by atoms with Crippen LogP contribution in [0.4, 0.5) is 0 Å². The minimum atomic E-state index is -3.73. The number of fused-ring (bicyclic) bond motifs is 1. The fraction of sp³-hybridized carbons (Fsp3) is 0.400. The Morgan fingerprint density at radius 3 is 2.69 bits per heavy atom. The largest absolute Gasteiger partial charge is 0.298 e. The Morgan fingerprint density at radius 2 is 2.07 bits per heavy atom. The average molecular weight is 434 g/mol. The van der Waals surface area contributed by atoms with Gasteiger partial charge in [0.25, 0.3) is 5.91 Å². The quantitative estimate of drug-likeness (QED) is 0.406. The van der Waals surface area contributed by atoms with Gasteiger partial charge in [0.15, 0.2) is 9.84 Å². The monoisotopic (exact) mass is 433 g/mol. The summed E-state index contributed by atoms with van der Waals surface area (Å²) in [6.45, 7) is 1.94. The molecule has 0 aliphatic carbocycles. The zero-order chi connectivity index (χ0) is 21.7. The smallest absolute Gasteiger partial charge is 0.264 e. The van der Waals surface area contributed by atoms with E-state index in [1.54, 1.807) is 0 Å². The summed E-state index contributed by atoms with van der Waals surface area (Å²) >= 11 is 1.42. The number of hydroxylamine groups is 1. The minimum absolute atomic E-state index is 0.00613. The van der Waals surface area contributed by atoms with Gasteiger partial charge >= 0.3 is 0 Å². The van der Waals surface area contributed by atoms with Crippen LogP contribution in [0.5, 0.6) is 0 Å². The van der Waals surface area contributed by atoms with Crippen LogP contribution in [-0.4, -0.2) is 61.1 Å². The molecule has 0 radical (unpaired) electrons. The maximum atomic E-state index is 12.1. The summed E-state index contributed by atoms with van der Waals surface area (Å²) in [5.74, 6) is 10.6. The van der Waals surface area contributed by atoms with Crippen molar-refractivity contribution in [3.63, 3.8) is 0 Å². The molecule has 1 atom stereocenters. The number of carbonyl (C=O) groups excluding carboxylic acids is 1. The third-order valence-corrected chi connectivity index (χ3v) is 7.51. The molecule has 1 aromatic carbocycles. The van der Waals surface area contributed by atoms with Crippen LogP contribution in [0.3, 0.4) is 0 Å². The molecule has 0 aliphatic heterocycles. The number of aryl methyl sites for hydroxylation is 1. The molecule has 1 aromatic heterocycles. The van der Waals surface area contributed by atoms with Crippen molar-refractivity contribution in [1.82, 2.24) is 15.4 Å². The Hall–Kier alpha value is -2.43. The van der Waals surface area contributed by atoms with Crippen molar-refractivity contribution >= 4 is 37.3 Å². The molecule has 0 bridgehead atoms. The van der Waals surface area contributed by atoms with E-state index in [2.05, 4.69) is 28.7 Å². The topological polar surface area (TPSA) is 99.6 Å². The zero-order valence-corrected chi connectivity index (χ0v) is 18.4. The molecule has 2 rings (SSSR count). The van der Waals surface area contributed by atoms with Crippen molar-refractivity contribution in [3.8, 4) is 23.7 Å². The number of aromatic nitrogens is 1. The second-order valence-corrected chi connectivity index (χ2v) is 10.6. The summed E-state index contributed by atoms with van der Waals surface area (Å²) in [5.41, 5.74) is 3.05. The molecule has 0 saturated carbocycles. The van der Waals surface area contributed by atoms with Gasteiger partial charge in [-0.25, -0.2) is 18.9 Å². The lowest BCUT2D eigenvalue weighted by atomic mass is 10.0. The molecule has 154 valence electrons. The molecular weight excluding hydrogens is 410 g/mol. The van der Waals surface area contributed by atoms with Crippen molar-refractivity contribution in [3.05, 3.63) is 28.8 Å². The van der Waals surface area contributed by atoms with Gasteiger partial charge in [0.1, 0.15) is 4.75 Å². The van der Waals surface area contributed by atoms with Crippen LogP contribution in [0, 0.1) is 23.7 Å². The van der Waals surface area contributed by atoms with E-state index in [1.165, 1.54) is 23.7 Å². The third-order valence-electron chi connectivity index (χ3n) is 4.40. The number of benzene rings is 1. The number of thiazole rings is 1. The predicted molar refractivity (Wildman–Crippen MR) is 114 cm³/mol. The van der Waals surface area contributed by atoms with E-state index in [9.17, 15) is 13.2 Å². The number of nitrogens with zero attached hydrogens (tertiary/aromatic N) is 2. The molecular formula is C20H23N3O4S2. The molecule has 1 amide bonds. The Labute approximate surface area is 175 Å². The lowest BCUT2D eigenvalue weighted by Crippen LogP contribution is -2.49. The highest BCUT2D eigenvalue weighted by molar-refractivity contribution is 7.92. The van der Waals surface area contributed by atoms with Crippen molar-refractivity contribution in [2.75, 3.05) is 26.9 Å². The summed E-state index contributed by atoms with van der Waals surface area (Å²) in [5, 5.41) is 9.61. The van der Waals surface area contributed by atoms with Crippen LogP contribution >= 0.6 is 11.3 Å². The Morgan fingerprint density at radius 1 is 1.34 bits per heavy atom. The average Bonchev–Trinajstić information content (AvgIpc) is 3.06. The highest BCUT2D eigenvalue weighted by Crippen LogP contribution is 2.28. The lowest BCUT2D eigenvalue weighted by Gasteiger charge is -2.24. The third kappa shape index (κ3) is 5.78. The summed E-state index contributed by atoms with van der Waals surface area (Å²) in [7, 11) is 0.141. The van der Waals surface area contributed by atoms with Crippen LogP contribution in [0.15, 0.2) is 18.2 Å². The van der Waals surface area contributed by atoms with Crippen LogP contribution in [-0.2, 0) is 21.1 Å². The summed E-state index contributed by atoms with van der Waals surface area (Å²) < 4.78 is 23.3. The predicted octanol–water partition coefficient (Wildman–Crippen LogP) is 1.45. The van der Waals surface area contributed by atoms with Gasteiger partial charge in [-0.1, -0.05) is 11.8 Å². The maximum Gasteiger partial charge on any atom is 0.264 e. The number of carbonyl (C=O) groups is 1. The number of nitrogens with one attached hydrogen (secondary N) is 1. The van der Waals surface area contributed by atoms with Crippen LogP contribution < -0.4 is 5.48 Å². The van der Waals surface area contributed by atoms with Crippen LogP contribution in [0.1, 0.15) is 23.9 Å². The Bertz CT molecular complexity index is 1130. The van der Waals surface area contributed by atoms with E-state index >= 15 is 0 Å². The first kappa shape index (κ1) is 22.9. The molecule has 2 N–H and O–H groups in total. The van der Waals surface area contributed by atoms with Crippen molar-refractivity contribution in [2.45, 2.75) is 24.5 Å². The first-order chi connectivity index (χ1) is 13.6. The second kappa shape index (κ2) is 9.38.